The molecule has 188 valence electrons. The second kappa shape index (κ2) is 12.2. The summed E-state index contributed by atoms with van der Waals surface area (Å²) in [7, 11) is 4.75. The van der Waals surface area contributed by atoms with Gasteiger partial charge >= 0.3 is 6.03 Å². The van der Waals surface area contributed by atoms with Crippen molar-refractivity contribution in [3.05, 3.63) is 59.7 Å². The van der Waals surface area contributed by atoms with Crippen LogP contribution < -0.4 is 14.8 Å². The lowest BCUT2D eigenvalue weighted by Crippen LogP contribution is -2.48. The number of nitrogens with one attached hydrogen (secondary N) is 1. The molecule has 2 aromatic carbocycles. The van der Waals surface area contributed by atoms with Crippen molar-refractivity contribution in [3.8, 4) is 11.5 Å². The van der Waals surface area contributed by atoms with Gasteiger partial charge in [-0.05, 0) is 31.5 Å². The van der Waals surface area contributed by atoms with E-state index in [9.17, 15) is 9.59 Å². The third kappa shape index (κ3) is 6.51. The monoisotopic (exact) mass is 482 g/mol. The highest BCUT2D eigenvalue weighted by Crippen LogP contribution is 2.36. The van der Waals surface area contributed by atoms with Gasteiger partial charge in [0.2, 0.25) is 0 Å². The Morgan fingerprint density at radius 3 is 2.49 bits per heavy atom. The lowest BCUT2D eigenvalue weighted by Gasteiger charge is -2.27. The van der Waals surface area contributed by atoms with Gasteiger partial charge in [-0.2, -0.15) is 5.10 Å². The fraction of sp³-hybridized carbons (Fsp3) is 0.423. The zero-order valence-electron chi connectivity index (χ0n) is 21.0. The molecule has 2 aromatic rings. The standard InChI is InChI=1S/C26H34N4O5/c1-18(2)27-26(32)29(13-14-33-3)17-25(31)30-23(19-9-7-6-8-10-19)16-22(28-30)21-12-11-20(34-4)15-24(21)35-5/h6-12,15,18,23H,13-14,16-17H2,1-5H3,(H,27,32). The van der Waals surface area contributed by atoms with Gasteiger partial charge in [-0.1, -0.05) is 30.3 Å². The largest absolute Gasteiger partial charge is 0.497 e. The van der Waals surface area contributed by atoms with Gasteiger partial charge in [-0.3, -0.25) is 4.79 Å². The van der Waals surface area contributed by atoms with E-state index in [-0.39, 0.29) is 37.1 Å². The maximum absolute atomic E-state index is 13.5. The molecular weight excluding hydrogens is 448 g/mol. The minimum Gasteiger partial charge on any atom is -0.497 e. The lowest BCUT2D eigenvalue weighted by molar-refractivity contribution is -0.133. The molecule has 35 heavy (non-hydrogen) atoms. The van der Waals surface area contributed by atoms with Crippen LogP contribution in [0.5, 0.6) is 11.5 Å². The van der Waals surface area contributed by atoms with Gasteiger partial charge in [-0.25, -0.2) is 9.80 Å². The van der Waals surface area contributed by atoms with E-state index in [4.69, 9.17) is 19.3 Å². The van der Waals surface area contributed by atoms with E-state index in [0.29, 0.717) is 24.5 Å². The van der Waals surface area contributed by atoms with Gasteiger partial charge in [0.25, 0.3) is 5.91 Å². The topological polar surface area (TPSA) is 92.7 Å². The van der Waals surface area contributed by atoms with Crippen molar-refractivity contribution >= 4 is 17.6 Å². The van der Waals surface area contributed by atoms with Gasteiger partial charge in [0, 0.05) is 37.7 Å². The Labute approximate surface area is 206 Å². The van der Waals surface area contributed by atoms with Crippen molar-refractivity contribution in [2.75, 3.05) is 41.0 Å². The van der Waals surface area contributed by atoms with E-state index >= 15 is 0 Å². The van der Waals surface area contributed by atoms with E-state index in [1.165, 1.54) is 9.91 Å². The number of amides is 3. The first-order valence-corrected chi connectivity index (χ1v) is 11.6. The van der Waals surface area contributed by atoms with Crippen molar-refractivity contribution in [2.24, 2.45) is 5.10 Å². The second-order valence-electron chi connectivity index (χ2n) is 8.50. The van der Waals surface area contributed by atoms with E-state index < -0.39 is 0 Å². The van der Waals surface area contributed by atoms with Gasteiger partial charge < -0.3 is 24.4 Å². The molecular formula is C26H34N4O5. The molecule has 0 aliphatic carbocycles. The molecule has 1 aliphatic heterocycles. The normalized spacial score (nSPS) is 15.1. The highest BCUT2D eigenvalue weighted by atomic mass is 16.5. The third-order valence-electron chi connectivity index (χ3n) is 5.66. The van der Waals surface area contributed by atoms with Crippen LogP contribution in [0, 0.1) is 0 Å². The van der Waals surface area contributed by atoms with Crippen LogP contribution in [0.1, 0.15) is 37.4 Å². The molecule has 9 heteroatoms. The van der Waals surface area contributed by atoms with Crippen LogP contribution in [0.15, 0.2) is 53.6 Å². The van der Waals surface area contributed by atoms with Crippen LogP contribution in [-0.4, -0.2) is 74.6 Å². The van der Waals surface area contributed by atoms with Crippen molar-refractivity contribution < 1.29 is 23.8 Å². The Hall–Kier alpha value is -3.59. The van der Waals surface area contributed by atoms with Crippen molar-refractivity contribution in [1.29, 1.82) is 0 Å². The summed E-state index contributed by atoms with van der Waals surface area (Å²) in [5.74, 6) is 1.00. The molecule has 3 amide bonds. The summed E-state index contributed by atoms with van der Waals surface area (Å²) in [6.07, 6.45) is 0.509. The summed E-state index contributed by atoms with van der Waals surface area (Å²) < 4.78 is 16.0. The zero-order valence-corrected chi connectivity index (χ0v) is 21.0. The Kier molecular flexibility index (Phi) is 9.08. The minimum absolute atomic E-state index is 0.0568. The first-order valence-electron chi connectivity index (χ1n) is 11.6. The first kappa shape index (κ1) is 26.0. The number of carbonyl (C=O) groups excluding carboxylic acids is 2. The molecule has 1 N–H and O–H groups in total. The fourth-order valence-corrected chi connectivity index (χ4v) is 3.90. The van der Waals surface area contributed by atoms with Crippen molar-refractivity contribution in [2.45, 2.75) is 32.4 Å². The lowest BCUT2D eigenvalue weighted by atomic mass is 9.98. The number of carbonyl (C=O) groups is 2. The number of ether oxygens (including phenoxy) is 3. The Morgan fingerprint density at radius 1 is 1.11 bits per heavy atom. The first-order chi connectivity index (χ1) is 16.9. The van der Waals surface area contributed by atoms with Crippen LogP contribution in [-0.2, 0) is 9.53 Å². The number of nitrogens with zero attached hydrogens (tertiary/aromatic N) is 3. The number of urea groups is 1. The number of hydrogen-bond acceptors (Lipinski definition) is 6. The molecule has 0 spiro atoms. The summed E-state index contributed by atoms with van der Waals surface area (Å²) in [4.78, 5) is 27.7. The van der Waals surface area contributed by atoms with Crippen LogP contribution in [0.3, 0.4) is 0 Å². The molecule has 9 nitrogen and oxygen atoms in total. The molecule has 0 fully saturated rings. The zero-order chi connectivity index (χ0) is 25.4. The Balaban J connectivity index is 1.92. The predicted octanol–water partition coefficient (Wildman–Crippen LogP) is 3.45. The van der Waals surface area contributed by atoms with E-state index in [0.717, 1.165) is 16.8 Å². The quantitative estimate of drug-likeness (QED) is 0.560. The number of hydrogen-bond donors (Lipinski definition) is 1. The number of rotatable bonds is 10. The smallest absolute Gasteiger partial charge is 0.318 e. The SMILES string of the molecule is COCCN(CC(=O)N1N=C(c2ccc(OC)cc2OC)CC1c1ccccc1)C(=O)NC(C)C. The Bertz CT molecular complexity index is 1040. The summed E-state index contributed by atoms with van der Waals surface area (Å²) in [6, 6.07) is 14.6. The molecule has 0 saturated carbocycles. The molecule has 0 saturated heterocycles. The number of hydrazone groups is 1. The molecule has 0 radical (unpaired) electrons. The van der Waals surface area contributed by atoms with E-state index in [2.05, 4.69) is 5.32 Å². The second-order valence-corrected chi connectivity index (χ2v) is 8.50. The molecule has 1 aliphatic rings. The van der Waals surface area contributed by atoms with Crippen molar-refractivity contribution in [1.82, 2.24) is 15.2 Å². The minimum atomic E-state index is -0.318. The van der Waals surface area contributed by atoms with Crippen molar-refractivity contribution in [3.63, 3.8) is 0 Å². The average molecular weight is 483 g/mol. The van der Waals surface area contributed by atoms with Crippen LogP contribution in [0.25, 0.3) is 0 Å². The summed E-state index contributed by atoms with van der Waals surface area (Å²) in [6.45, 7) is 4.23. The average Bonchev–Trinajstić information content (AvgIpc) is 3.31. The van der Waals surface area contributed by atoms with Gasteiger partial charge in [-0.15, -0.1) is 0 Å². The van der Waals surface area contributed by atoms with Crippen LogP contribution in [0.4, 0.5) is 4.79 Å². The summed E-state index contributed by atoms with van der Waals surface area (Å²) >= 11 is 0. The molecule has 1 atom stereocenters. The molecule has 1 heterocycles. The summed E-state index contributed by atoms with van der Waals surface area (Å²) in [5.41, 5.74) is 2.47. The van der Waals surface area contributed by atoms with Crippen LogP contribution in [0.2, 0.25) is 0 Å². The predicted molar refractivity (Wildman–Crippen MR) is 134 cm³/mol. The third-order valence-corrected chi connectivity index (χ3v) is 5.66. The van der Waals surface area contributed by atoms with E-state index in [1.54, 1.807) is 27.4 Å². The number of benzene rings is 2. The number of methoxy groups -OCH3 is 3. The maximum Gasteiger partial charge on any atom is 0.318 e. The molecule has 1 unspecified atom stereocenters. The summed E-state index contributed by atoms with van der Waals surface area (Å²) in [5, 5.41) is 9.05. The molecule has 3 rings (SSSR count). The van der Waals surface area contributed by atoms with E-state index in [1.807, 2.05) is 56.3 Å². The maximum atomic E-state index is 13.5. The van der Waals surface area contributed by atoms with Gasteiger partial charge in [0.1, 0.15) is 18.0 Å². The van der Waals surface area contributed by atoms with Crippen LogP contribution >= 0.6 is 0 Å². The highest BCUT2D eigenvalue weighted by Gasteiger charge is 2.35. The highest BCUT2D eigenvalue weighted by molar-refractivity contribution is 6.05. The van der Waals surface area contributed by atoms with Gasteiger partial charge in [0.05, 0.1) is 32.6 Å². The fourth-order valence-electron chi connectivity index (χ4n) is 3.90. The molecule has 0 aromatic heterocycles. The Morgan fingerprint density at radius 2 is 1.86 bits per heavy atom. The van der Waals surface area contributed by atoms with Gasteiger partial charge in [0.15, 0.2) is 0 Å². The molecule has 0 bridgehead atoms.